The van der Waals surface area contributed by atoms with Gasteiger partial charge in [-0.15, -0.1) is 0 Å². The predicted octanol–water partition coefficient (Wildman–Crippen LogP) is 0.552. The van der Waals surface area contributed by atoms with Gasteiger partial charge in [0, 0.05) is 6.04 Å². The van der Waals surface area contributed by atoms with Crippen molar-refractivity contribution >= 4 is 10.0 Å². The lowest BCUT2D eigenvalue weighted by molar-refractivity contribution is 0.124. The maximum absolute atomic E-state index is 11.9. The Kier molecular flexibility index (Phi) is 4.43. The van der Waals surface area contributed by atoms with E-state index in [1.54, 1.807) is 38.1 Å². The van der Waals surface area contributed by atoms with Gasteiger partial charge in [0.05, 0.1) is 11.5 Å². The van der Waals surface area contributed by atoms with Crippen molar-refractivity contribution in [3.8, 4) is 0 Å². The summed E-state index contributed by atoms with van der Waals surface area (Å²) in [5, 5.41) is 0. The summed E-state index contributed by atoms with van der Waals surface area (Å²) < 4.78 is 26.3. The molecule has 6 heteroatoms. The van der Waals surface area contributed by atoms with Gasteiger partial charge in [-0.25, -0.2) is 19.0 Å². The van der Waals surface area contributed by atoms with Crippen LogP contribution >= 0.6 is 0 Å². The first-order chi connectivity index (χ1) is 7.47. The fraction of sp³-hybridized carbons (Fsp3) is 0.400. The maximum Gasteiger partial charge on any atom is 0.241 e. The quantitative estimate of drug-likeness (QED) is 0.741. The molecular formula is C10H16N2O3S. The van der Waals surface area contributed by atoms with Crippen LogP contribution in [0.25, 0.3) is 0 Å². The highest BCUT2D eigenvalue weighted by atomic mass is 32.2. The van der Waals surface area contributed by atoms with E-state index in [4.69, 9.17) is 5.90 Å². The van der Waals surface area contributed by atoms with Crippen LogP contribution in [0.2, 0.25) is 0 Å². The van der Waals surface area contributed by atoms with Crippen LogP contribution in [0.5, 0.6) is 0 Å². The lowest BCUT2D eigenvalue weighted by atomic mass is 10.2. The molecule has 1 unspecified atom stereocenters. The first kappa shape index (κ1) is 13.1. The number of nitrogens with one attached hydrogen (secondary N) is 1. The molecule has 0 radical (unpaired) electrons. The predicted molar refractivity (Wildman–Crippen MR) is 61.1 cm³/mol. The zero-order chi connectivity index (χ0) is 12.2. The van der Waals surface area contributed by atoms with E-state index in [1.165, 1.54) is 0 Å². The molecule has 0 aliphatic carbocycles. The average molecular weight is 244 g/mol. The molecule has 0 spiro atoms. The van der Waals surface area contributed by atoms with Gasteiger partial charge in [-0.1, -0.05) is 18.2 Å². The second-order valence-corrected chi connectivity index (χ2v) is 5.30. The number of rotatable bonds is 5. The Bertz CT molecular complexity index is 445. The van der Waals surface area contributed by atoms with Crippen molar-refractivity contribution in [3.05, 3.63) is 29.8 Å². The molecule has 0 heterocycles. The van der Waals surface area contributed by atoms with Crippen LogP contribution in [0.15, 0.2) is 29.2 Å². The minimum Gasteiger partial charge on any atom is -0.303 e. The monoisotopic (exact) mass is 244 g/mol. The number of aryl methyl sites for hydroxylation is 1. The van der Waals surface area contributed by atoms with Crippen molar-refractivity contribution in [1.82, 2.24) is 4.72 Å². The Morgan fingerprint density at radius 1 is 1.44 bits per heavy atom. The van der Waals surface area contributed by atoms with Gasteiger partial charge >= 0.3 is 0 Å². The van der Waals surface area contributed by atoms with Crippen molar-refractivity contribution < 1.29 is 13.3 Å². The number of sulfonamides is 1. The molecule has 0 amide bonds. The van der Waals surface area contributed by atoms with Gasteiger partial charge in [0.15, 0.2) is 0 Å². The minimum absolute atomic E-state index is 0.130. The van der Waals surface area contributed by atoms with Gasteiger partial charge < -0.3 is 4.84 Å². The highest BCUT2D eigenvalue weighted by molar-refractivity contribution is 7.89. The second kappa shape index (κ2) is 5.40. The third-order valence-electron chi connectivity index (χ3n) is 2.09. The zero-order valence-corrected chi connectivity index (χ0v) is 10.1. The van der Waals surface area contributed by atoms with Gasteiger partial charge in [-0.05, 0) is 25.5 Å². The molecule has 1 aromatic rings. The van der Waals surface area contributed by atoms with Crippen molar-refractivity contribution in [1.29, 1.82) is 0 Å². The molecule has 1 aromatic carbocycles. The van der Waals surface area contributed by atoms with Crippen molar-refractivity contribution in [2.45, 2.75) is 24.8 Å². The second-order valence-electron chi connectivity index (χ2n) is 3.62. The standard InChI is InChI=1S/C10H16N2O3S/c1-8-5-3-4-6-10(8)16(13,14)12-9(2)7-15-11/h3-6,9,12H,7,11H2,1-2H3. The van der Waals surface area contributed by atoms with E-state index in [2.05, 4.69) is 9.56 Å². The summed E-state index contributed by atoms with van der Waals surface area (Å²) in [6.07, 6.45) is 0. The molecule has 0 aliphatic heterocycles. The maximum atomic E-state index is 11.9. The molecule has 0 saturated heterocycles. The molecule has 1 rings (SSSR count). The van der Waals surface area contributed by atoms with E-state index in [0.717, 1.165) is 0 Å². The van der Waals surface area contributed by atoms with Gasteiger partial charge in [0.1, 0.15) is 0 Å². The Balaban J connectivity index is 2.91. The summed E-state index contributed by atoms with van der Waals surface area (Å²) in [5.41, 5.74) is 0.705. The number of nitrogens with two attached hydrogens (primary N) is 1. The fourth-order valence-corrected chi connectivity index (χ4v) is 2.84. The lowest BCUT2D eigenvalue weighted by Gasteiger charge is -2.14. The minimum atomic E-state index is -3.50. The van der Waals surface area contributed by atoms with E-state index in [0.29, 0.717) is 5.56 Å². The van der Waals surface area contributed by atoms with E-state index < -0.39 is 10.0 Å². The highest BCUT2D eigenvalue weighted by Crippen LogP contribution is 2.14. The van der Waals surface area contributed by atoms with Gasteiger partial charge in [0.25, 0.3) is 0 Å². The molecule has 0 aliphatic rings. The van der Waals surface area contributed by atoms with Gasteiger partial charge in [0.2, 0.25) is 10.0 Å². The third kappa shape index (κ3) is 3.28. The number of hydrogen-bond donors (Lipinski definition) is 2. The third-order valence-corrected chi connectivity index (χ3v) is 3.84. The first-order valence-corrected chi connectivity index (χ1v) is 6.35. The number of benzene rings is 1. The first-order valence-electron chi connectivity index (χ1n) is 4.87. The lowest BCUT2D eigenvalue weighted by Crippen LogP contribution is -2.36. The molecule has 0 bridgehead atoms. The molecule has 3 N–H and O–H groups in total. The van der Waals surface area contributed by atoms with Crippen molar-refractivity contribution in [2.75, 3.05) is 6.61 Å². The summed E-state index contributed by atoms with van der Waals surface area (Å²) in [6, 6.07) is 6.42. The summed E-state index contributed by atoms with van der Waals surface area (Å²) in [4.78, 5) is 4.67. The fourth-order valence-electron chi connectivity index (χ4n) is 1.36. The normalized spacial score (nSPS) is 13.7. The largest absolute Gasteiger partial charge is 0.303 e. The van der Waals surface area contributed by atoms with Gasteiger partial charge in [-0.2, -0.15) is 0 Å². The SMILES string of the molecule is Cc1ccccc1S(=O)(=O)NC(C)CON. The molecule has 0 saturated carbocycles. The van der Waals surface area contributed by atoms with E-state index in [1.807, 2.05) is 0 Å². The van der Waals surface area contributed by atoms with E-state index in [-0.39, 0.29) is 17.5 Å². The van der Waals surface area contributed by atoms with Crippen LogP contribution in [0.3, 0.4) is 0 Å². The average Bonchev–Trinajstić information content (AvgIpc) is 2.17. The van der Waals surface area contributed by atoms with E-state index in [9.17, 15) is 8.42 Å². The van der Waals surface area contributed by atoms with E-state index >= 15 is 0 Å². The summed E-state index contributed by atoms with van der Waals surface area (Å²) in [5.74, 6) is 4.88. The van der Waals surface area contributed by atoms with Gasteiger partial charge in [-0.3, -0.25) is 0 Å². The molecule has 16 heavy (non-hydrogen) atoms. The van der Waals surface area contributed by atoms with Crippen LogP contribution in [0.1, 0.15) is 12.5 Å². The Hall–Kier alpha value is -0.950. The van der Waals surface area contributed by atoms with Crippen LogP contribution in [-0.4, -0.2) is 21.1 Å². The molecule has 0 aromatic heterocycles. The van der Waals surface area contributed by atoms with Crippen molar-refractivity contribution in [2.24, 2.45) is 5.90 Å². The molecule has 5 nitrogen and oxygen atoms in total. The Morgan fingerprint density at radius 3 is 2.62 bits per heavy atom. The highest BCUT2D eigenvalue weighted by Gasteiger charge is 2.18. The molecular weight excluding hydrogens is 228 g/mol. The van der Waals surface area contributed by atoms with Crippen LogP contribution in [0, 0.1) is 6.92 Å². The summed E-state index contributed by atoms with van der Waals surface area (Å²) >= 11 is 0. The van der Waals surface area contributed by atoms with Crippen molar-refractivity contribution in [3.63, 3.8) is 0 Å². The van der Waals surface area contributed by atoms with Crippen LogP contribution < -0.4 is 10.6 Å². The molecule has 1 atom stereocenters. The van der Waals surface area contributed by atoms with Crippen LogP contribution in [0.4, 0.5) is 0 Å². The van der Waals surface area contributed by atoms with Crippen LogP contribution in [-0.2, 0) is 14.9 Å². The molecule has 90 valence electrons. The number of hydrogen-bond acceptors (Lipinski definition) is 4. The smallest absolute Gasteiger partial charge is 0.241 e. The molecule has 0 fully saturated rings. The zero-order valence-electron chi connectivity index (χ0n) is 9.30. The topological polar surface area (TPSA) is 81.4 Å². The Morgan fingerprint density at radius 2 is 2.06 bits per heavy atom. The summed E-state index contributed by atoms with van der Waals surface area (Å²) in [6.45, 7) is 3.56. The summed E-state index contributed by atoms with van der Waals surface area (Å²) in [7, 11) is -3.50. The Labute approximate surface area is 95.6 Å².